The van der Waals surface area contributed by atoms with Crippen LogP contribution >= 0.6 is 11.6 Å². The molecule has 0 aliphatic rings. The minimum atomic E-state index is -0.313. The van der Waals surface area contributed by atoms with Gasteiger partial charge in [-0.1, -0.05) is 48.0 Å². The highest BCUT2D eigenvalue weighted by Gasteiger charge is 2.24. The van der Waals surface area contributed by atoms with Gasteiger partial charge in [0.25, 0.3) is 5.91 Å². The Balaban J connectivity index is 2.02. The molecule has 0 fully saturated rings. The van der Waals surface area contributed by atoms with Crippen LogP contribution in [-0.2, 0) is 4.79 Å². The molecule has 0 unspecified atom stereocenters. The van der Waals surface area contributed by atoms with Crippen molar-refractivity contribution < 1.29 is 10.1 Å². The monoisotopic (exact) mass is 342 g/mol. The van der Waals surface area contributed by atoms with Gasteiger partial charge in [-0.2, -0.15) is 0 Å². The van der Waals surface area contributed by atoms with Gasteiger partial charge in [0.15, 0.2) is 6.04 Å². The molecule has 24 heavy (non-hydrogen) atoms. The van der Waals surface area contributed by atoms with Gasteiger partial charge in [0, 0.05) is 22.1 Å². The number of carbonyl (C=O) groups excluding carboxylic acids is 1. The number of nitrogens with one attached hydrogen (secondary N) is 1. The van der Waals surface area contributed by atoms with Crippen molar-refractivity contribution in [2.45, 2.75) is 18.9 Å². The van der Waals surface area contributed by atoms with E-state index in [1.165, 1.54) is 10.9 Å². The summed E-state index contributed by atoms with van der Waals surface area (Å²) in [5.41, 5.74) is 8.71. The molecule has 4 nitrogen and oxygen atoms in total. The van der Waals surface area contributed by atoms with Crippen LogP contribution in [0.5, 0.6) is 0 Å². The molecule has 5 N–H and O–H groups in total. The number of quaternary nitrogens is 1. The zero-order chi connectivity index (χ0) is 17.1. The summed E-state index contributed by atoms with van der Waals surface area (Å²) in [6, 6.07) is 15.8. The third-order valence-corrected chi connectivity index (χ3v) is 4.80. The maximum Gasteiger partial charge on any atom is 0.275 e. The minimum Gasteiger partial charge on any atom is -0.365 e. The Bertz CT molecular complexity index is 858. The van der Waals surface area contributed by atoms with Crippen molar-refractivity contribution in [3.05, 3.63) is 70.9 Å². The Morgan fingerprint density at radius 2 is 1.88 bits per heavy atom. The molecule has 0 spiro atoms. The Hall–Kier alpha value is -2.30. The van der Waals surface area contributed by atoms with Crippen LogP contribution in [-0.4, -0.2) is 23.5 Å². The number of H-pyrrole nitrogens is 1. The van der Waals surface area contributed by atoms with Gasteiger partial charge >= 0.3 is 0 Å². The van der Waals surface area contributed by atoms with Gasteiger partial charge in [-0.05, 0) is 30.2 Å². The Morgan fingerprint density at radius 1 is 1.17 bits per heavy atom. The van der Waals surface area contributed by atoms with Crippen LogP contribution in [0, 0.1) is 0 Å². The summed E-state index contributed by atoms with van der Waals surface area (Å²) in [6.07, 6.45) is 2.03. The fourth-order valence-electron chi connectivity index (χ4n) is 3.02. The summed E-state index contributed by atoms with van der Waals surface area (Å²) < 4.78 is 0. The van der Waals surface area contributed by atoms with E-state index in [0.717, 1.165) is 16.1 Å². The van der Waals surface area contributed by atoms with E-state index in [-0.39, 0.29) is 17.9 Å². The normalized spacial score (nSPS) is 13.8. The van der Waals surface area contributed by atoms with Gasteiger partial charge in [-0.25, -0.2) is 0 Å². The number of rotatable bonds is 6. The number of benzene rings is 2. The summed E-state index contributed by atoms with van der Waals surface area (Å²) in [5, 5.41) is 3.87. The van der Waals surface area contributed by atoms with Crippen LogP contribution in [0.2, 0.25) is 5.02 Å². The maximum absolute atomic E-state index is 11.4. The summed E-state index contributed by atoms with van der Waals surface area (Å²) in [5.74, 6) is -0.247. The molecule has 2 atom stereocenters. The zero-order valence-electron chi connectivity index (χ0n) is 13.5. The maximum atomic E-state index is 11.4. The van der Waals surface area contributed by atoms with Crippen LogP contribution in [0.25, 0.3) is 10.9 Å². The number of fused-ring (bicyclic) bond motifs is 1. The number of aromatic amines is 1. The van der Waals surface area contributed by atoms with E-state index in [1.54, 1.807) is 0 Å². The van der Waals surface area contributed by atoms with Crippen LogP contribution in [0.1, 0.15) is 24.0 Å². The predicted octanol–water partition coefficient (Wildman–Crippen LogP) is 2.39. The minimum absolute atomic E-state index is 0.0663. The number of halogens is 1. The van der Waals surface area contributed by atoms with E-state index in [1.807, 2.05) is 54.8 Å². The number of hydrogen-bond donors (Lipinski definition) is 3. The highest BCUT2D eigenvalue weighted by molar-refractivity contribution is 6.31. The number of amides is 1. The number of para-hydroxylation sites is 1. The topological polar surface area (TPSA) is 75.5 Å². The SMILES string of the molecule is C[C@H]([NH2+]C[C@H](c1ccccc1Cl)c1c[nH]c2ccccc12)C(N)=O. The molecule has 1 amide bonds. The number of nitrogens with two attached hydrogens (primary N) is 2. The first-order valence-electron chi connectivity index (χ1n) is 8.01. The lowest BCUT2D eigenvalue weighted by Gasteiger charge is -2.19. The predicted molar refractivity (Wildman–Crippen MR) is 97.0 cm³/mol. The van der Waals surface area contributed by atoms with E-state index < -0.39 is 0 Å². The van der Waals surface area contributed by atoms with Crippen molar-refractivity contribution in [2.24, 2.45) is 5.73 Å². The van der Waals surface area contributed by atoms with Gasteiger partial charge in [0.05, 0.1) is 12.5 Å². The molecule has 5 heteroatoms. The first-order chi connectivity index (χ1) is 11.6. The van der Waals surface area contributed by atoms with E-state index in [0.29, 0.717) is 6.54 Å². The zero-order valence-corrected chi connectivity index (χ0v) is 14.3. The van der Waals surface area contributed by atoms with Gasteiger partial charge in [-0.3, -0.25) is 4.79 Å². The molecule has 0 aliphatic carbocycles. The Labute approximate surface area is 146 Å². The second-order valence-corrected chi connectivity index (χ2v) is 6.43. The Kier molecular flexibility index (Phi) is 4.88. The molecule has 0 radical (unpaired) electrons. The van der Waals surface area contributed by atoms with Crippen molar-refractivity contribution in [1.82, 2.24) is 4.98 Å². The lowest BCUT2D eigenvalue weighted by molar-refractivity contribution is -0.674. The van der Waals surface area contributed by atoms with Gasteiger partial charge in [-0.15, -0.1) is 0 Å². The number of primary amides is 1. The summed E-state index contributed by atoms with van der Waals surface area (Å²) >= 11 is 6.45. The first-order valence-corrected chi connectivity index (χ1v) is 8.39. The summed E-state index contributed by atoms with van der Waals surface area (Å²) in [7, 11) is 0. The van der Waals surface area contributed by atoms with Gasteiger partial charge < -0.3 is 16.0 Å². The molecule has 0 bridgehead atoms. The standard InChI is InChI=1S/C19H20ClN3O/c1-12(19(21)24)22-10-15(13-6-2-4-8-17(13)20)16-11-23-18-9-5-3-7-14(16)18/h2-9,11-12,15,22-23H,10H2,1H3,(H2,21,24)/p+1/t12-,15+/m0/s1. The summed E-state index contributed by atoms with van der Waals surface area (Å²) in [4.78, 5) is 14.7. The second kappa shape index (κ2) is 7.07. The van der Waals surface area contributed by atoms with Crippen LogP contribution in [0.4, 0.5) is 0 Å². The second-order valence-electron chi connectivity index (χ2n) is 6.03. The van der Waals surface area contributed by atoms with Crippen LogP contribution in [0.3, 0.4) is 0 Å². The molecule has 1 heterocycles. The molecular formula is C19H21ClN3O+. The lowest BCUT2D eigenvalue weighted by atomic mass is 9.90. The molecule has 0 saturated carbocycles. The van der Waals surface area contributed by atoms with Crippen molar-refractivity contribution in [1.29, 1.82) is 0 Å². The molecule has 0 aliphatic heterocycles. The van der Waals surface area contributed by atoms with E-state index >= 15 is 0 Å². The molecule has 0 saturated heterocycles. The fourth-order valence-corrected chi connectivity index (χ4v) is 3.29. The lowest BCUT2D eigenvalue weighted by Crippen LogP contribution is -2.92. The highest BCUT2D eigenvalue weighted by Crippen LogP contribution is 2.33. The highest BCUT2D eigenvalue weighted by atomic mass is 35.5. The van der Waals surface area contributed by atoms with E-state index in [4.69, 9.17) is 17.3 Å². The third kappa shape index (κ3) is 3.30. The molecule has 3 aromatic rings. The van der Waals surface area contributed by atoms with Crippen molar-refractivity contribution in [2.75, 3.05) is 6.54 Å². The smallest absolute Gasteiger partial charge is 0.275 e. The quantitative estimate of drug-likeness (QED) is 0.632. The van der Waals surface area contributed by atoms with E-state index in [9.17, 15) is 4.79 Å². The number of carbonyl (C=O) groups is 1. The largest absolute Gasteiger partial charge is 0.365 e. The van der Waals surface area contributed by atoms with Crippen molar-refractivity contribution in [3.8, 4) is 0 Å². The van der Waals surface area contributed by atoms with Crippen molar-refractivity contribution >= 4 is 28.4 Å². The molecule has 2 aromatic carbocycles. The third-order valence-electron chi connectivity index (χ3n) is 4.45. The molecule has 124 valence electrons. The molecule has 3 rings (SSSR count). The van der Waals surface area contributed by atoms with Crippen LogP contribution in [0.15, 0.2) is 54.7 Å². The molecule has 1 aromatic heterocycles. The number of aromatic nitrogens is 1. The first kappa shape index (κ1) is 16.6. The average molecular weight is 343 g/mol. The van der Waals surface area contributed by atoms with Crippen LogP contribution < -0.4 is 11.1 Å². The fraction of sp³-hybridized carbons (Fsp3) is 0.211. The Morgan fingerprint density at radius 3 is 2.62 bits per heavy atom. The molecular weight excluding hydrogens is 322 g/mol. The number of hydrogen-bond acceptors (Lipinski definition) is 1. The summed E-state index contributed by atoms with van der Waals surface area (Å²) in [6.45, 7) is 2.51. The van der Waals surface area contributed by atoms with Gasteiger partial charge in [0.2, 0.25) is 0 Å². The average Bonchev–Trinajstić information content (AvgIpc) is 3.00. The van der Waals surface area contributed by atoms with Crippen molar-refractivity contribution in [3.63, 3.8) is 0 Å². The van der Waals surface area contributed by atoms with E-state index in [2.05, 4.69) is 17.1 Å². The van der Waals surface area contributed by atoms with Gasteiger partial charge in [0.1, 0.15) is 0 Å².